The molecule has 0 aliphatic rings. The molecule has 8 nitrogen and oxygen atoms in total. The molecule has 0 spiro atoms. The number of benzene rings is 1. The Labute approximate surface area is 170 Å². The van der Waals surface area contributed by atoms with Crippen molar-refractivity contribution < 1.29 is 19.1 Å². The van der Waals surface area contributed by atoms with Crippen LogP contribution in [-0.2, 0) is 14.4 Å². The van der Waals surface area contributed by atoms with E-state index in [-0.39, 0.29) is 43.1 Å². The number of carbonyl (C=O) groups excluding carboxylic acids is 3. The van der Waals surface area contributed by atoms with Crippen LogP contribution < -0.4 is 20.3 Å². The highest BCUT2D eigenvalue weighted by Crippen LogP contribution is 2.28. The van der Waals surface area contributed by atoms with Gasteiger partial charge in [-0.2, -0.15) is 0 Å². The van der Waals surface area contributed by atoms with Gasteiger partial charge in [-0.05, 0) is 38.1 Å². The summed E-state index contributed by atoms with van der Waals surface area (Å²) in [5.41, 5.74) is 0.476. The average Bonchev–Trinajstić information content (AvgIpc) is 2.70. The summed E-state index contributed by atoms with van der Waals surface area (Å²) in [5, 5.41) is 5.41. The predicted molar refractivity (Wildman–Crippen MR) is 111 cm³/mol. The van der Waals surface area contributed by atoms with Gasteiger partial charge < -0.3 is 15.4 Å². The topological polar surface area (TPSA) is 101 Å². The van der Waals surface area contributed by atoms with Gasteiger partial charge in [0, 0.05) is 25.1 Å². The lowest BCUT2D eigenvalue weighted by atomic mass is 10.2. The molecular formula is C21H26N4O4. The second-order valence-corrected chi connectivity index (χ2v) is 6.64. The number of hydrogen-bond donors (Lipinski definition) is 2. The lowest BCUT2D eigenvalue weighted by Gasteiger charge is -2.24. The van der Waals surface area contributed by atoms with Gasteiger partial charge in [0.2, 0.25) is 17.7 Å². The van der Waals surface area contributed by atoms with Crippen LogP contribution in [0, 0.1) is 0 Å². The third-order valence-corrected chi connectivity index (χ3v) is 3.93. The molecule has 0 unspecified atom stereocenters. The van der Waals surface area contributed by atoms with E-state index in [2.05, 4.69) is 15.6 Å². The Balaban J connectivity index is 2.09. The van der Waals surface area contributed by atoms with E-state index in [9.17, 15) is 14.4 Å². The number of rotatable bonds is 9. The molecule has 0 bridgehead atoms. The Hall–Kier alpha value is -3.42. The molecule has 8 heteroatoms. The largest absolute Gasteiger partial charge is 0.495 e. The van der Waals surface area contributed by atoms with Crippen molar-refractivity contribution in [2.45, 2.75) is 32.7 Å². The molecule has 29 heavy (non-hydrogen) atoms. The molecule has 1 aromatic carbocycles. The molecule has 1 heterocycles. The van der Waals surface area contributed by atoms with E-state index >= 15 is 0 Å². The number of para-hydroxylation sites is 2. The van der Waals surface area contributed by atoms with E-state index in [0.29, 0.717) is 17.3 Å². The van der Waals surface area contributed by atoms with Crippen molar-refractivity contribution in [3.05, 3.63) is 48.7 Å². The van der Waals surface area contributed by atoms with Gasteiger partial charge in [-0.15, -0.1) is 0 Å². The van der Waals surface area contributed by atoms with E-state index in [1.807, 2.05) is 13.8 Å². The summed E-state index contributed by atoms with van der Waals surface area (Å²) < 4.78 is 5.33. The molecule has 0 saturated carbocycles. The van der Waals surface area contributed by atoms with Gasteiger partial charge in [0.15, 0.2) is 0 Å². The van der Waals surface area contributed by atoms with Gasteiger partial charge in [-0.1, -0.05) is 18.2 Å². The fourth-order valence-electron chi connectivity index (χ4n) is 2.67. The third kappa shape index (κ3) is 6.91. The number of amides is 3. The number of nitrogens with one attached hydrogen (secondary N) is 2. The van der Waals surface area contributed by atoms with E-state index in [1.54, 1.807) is 48.7 Å². The normalized spacial score (nSPS) is 10.3. The Kier molecular flexibility index (Phi) is 8.14. The maximum Gasteiger partial charge on any atom is 0.240 e. The Morgan fingerprint density at radius 2 is 1.76 bits per heavy atom. The average molecular weight is 398 g/mol. The van der Waals surface area contributed by atoms with Gasteiger partial charge in [0.05, 0.1) is 12.8 Å². The van der Waals surface area contributed by atoms with Crippen molar-refractivity contribution in [3.63, 3.8) is 0 Å². The minimum atomic E-state index is -0.357. The van der Waals surface area contributed by atoms with Crippen molar-refractivity contribution in [2.24, 2.45) is 0 Å². The molecule has 0 atom stereocenters. The number of ether oxygens (including phenoxy) is 1. The zero-order valence-electron chi connectivity index (χ0n) is 16.8. The molecular weight excluding hydrogens is 372 g/mol. The highest BCUT2D eigenvalue weighted by atomic mass is 16.5. The molecule has 0 aliphatic carbocycles. The summed E-state index contributed by atoms with van der Waals surface area (Å²) in [4.78, 5) is 42.7. The minimum Gasteiger partial charge on any atom is -0.495 e. The second-order valence-electron chi connectivity index (χ2n) is 6.64. The molecule has 0 saturated heterocycles. The summed E-state index contributed by atoms with van der Waals surface area (Å²) >= 11 is 0. The third-order valence-electron chi connectivity index (χ3n) is 3.93. The summed E-state index contributed by atoms with van der Waals surface area (Å²) in [6.45, 7) is 3.52. The second kappa shape index (κ2) is 10.8. The van der Waals surface area contributed by atoms with Gasteiger partial charge in [-0.3, -0.25) is 19.3 Å². The smallest absolute Gasteiger partial charge is 0.240 e. The quantitative estimate of drug-likeness (QED) is 0.675. The van der Waals surface area contributed by atoms with Crippen LogP contribution in [-0.4, -0.2) is 42.4 Å². The molecule has 2 N–H and O–H groups in total. The number of carbonyl (C=O) groups is 3. The molecule has 2 aromatic rings. The number of anilines is 2. The minimum absolute atomic E-state index is 0.0349. The predicted octanol–water partition coefficient (Wildman–Crippen LogP) is 2.37. The highest BCUT2D eigenvalue weighted by molar-refractivity contribution is 6.02. The number of methoxy groups -OCH3 is 1. The van der Waals surface area contributed by atoms with E-state index < -0.39 is 0 Å². The van der Waals surface area contributed by atoms with Crippen LogP contribution >= 0.6 is 0 Å². The van der Waals surface area contributed by atoms with E-state index in [4.69, 9.17) is 4.74 Å². The Morgan fingerprint density at radius 1 is 1.03 bits per heavy atom. The Bertz CT molecular complexity index is 840. The number of nitrogens with zero attached hydrogens (tertiary/aromatic N) is 2. The maximum atomic E-state index is 12.9. The van der Waals surface area contributed by atoms with E-state index in [0.717, 1.165) is 0 Å². The van der Waals surface area contributed by atoms with Crippen molar-refractivity contribution >= 4 is 29.2 Å². The first-order valence-electron chi connectivity index (χ1n) is 9.34. The first-order chi connectivity index (χ1) is 13.9. The van der Waals surface area contributed by atoms with Gasteiger partial charge in [-0.25, -0.2) is 4.98 Å². The molecule has 0 aliphatic heterocycles. The molecule has 3 amide bonds. The van der Waals surface area contributed by atoms with Crippen LogP contribution in [0.3, 0.4) is 0 Å². The zero-order chi connectivity index (χ0) is 21.2. The van der Waals surface area contributed by atoms with Crippen LogP contribution in [0.4, 0.5) is 11.5 Å². The molecule has 1 aromatic heterocycles. The lowest BCUT2D eigenvalue weighted by molar-refractivity contribution is -0.125. The number of aromatic nitrogens is 1. The molecule has 2 rings (SSSR count). The number of hydrogen-bond acceptors (Lipinski definition) is 5. The molecule has 0 fully saturated rings. The fraction of sp³-hybridized carbons (Fsp3) is 0.333. The first-order valence-corrected chi connectivity index (χ1v) is 9.34. The van der Waals surface area contributed by atoms with Crippen molar-refractivity contribution in [2.75, 3.05) is 23.9 Å². The maximum absolute atomic E-state index is 12.9. The lowest BCUT2D eigenvalue weighted by Crippen LogP contribution is -2.43. The van der Waals surface area contributed by atoms with Crippen molar-refractivity contribution in [3.8, 4) is 5.75 Å². The van der Waals surface area contributed by atoms with Crippen LogP contribution in [0.25, 0.3) is 0 Å². The molecule has 154 valence electrons. The summed E-state index contributed by atoms with van der Waals surface area (Å²) in [6, 6.07) is 12.1. The standard InChI is InChI=1S/C21H26N4O4/c1-15(2)23-20(27)14-25(16-8-4-5-9-17(16)29-3)21(28)12-11-19(26)24-18-10-6-7-13-22-18/h4-10,13,15H,11-12,14H2,1-3H3,(H,23,27)(H,22,24,26). The summed E-state index contributed by atoms with van der Waals surface area (Å²) in [6.07, 6.45) is 1.47. The van der Waals surface area contributed by atoms with Gasteiger partial charge in [0.25, 0.3) is 0 Å². The summed E-state index contributed by atoms with van der Waals surface area (Å²) in [7, 11) is 1.50. The van der Waals surface area contributed by atoms with Crippen LogP contribution in [0.15, 0.2) is 48.7 Å². The SMILES string of the molecule is COc1ccccc1N(CC(=O)NC(C)C)C(=O)CCC(=O)Nc1ccccn1. The first kappa shape index (κ1) is 21.9. The van der Waals surface area contributed by atoms with Crippen LogP contribution in [0.5, 0.6) is 5.75 Å². The van der Waals surface area contributed by atoms with Crippen molar-refractivity contribution in [1.82, 2.24) is 10.3 Å². The summed E-state index contributed by atoms with van der Waals surface area (Å²) in [5.74, 6) is -0.0931. The van der Waals surface area contributed by atoms with Gasteiger partial charge >= 0.3 is 0 Å². The van der Waals surface area contributed by atoms with Crippen LogP contribution in [0.2, 0.25) is 0 Å². The monoisotopic (exact) mass is 398 g/mol. The molecule has 0 radical (unpaired) electrons. The van der Waals surface area contributed by atoms with Crippen LogP contribution in [0.1, 0.15) is 26.7 Å². The highest BCUT2D eigenvalue weighted by Gasteiger charge is 2.23. The van der Waals surface area contributed by atoms with E-state index in [1.165, 1.54) is 12.0 Å². The van der Waals surface area contributed by atoms with Gasteiger partial charge in [0.1, 0.15) is 18.1 Å². The van der Waals surface area contributed by atoms with Crippen molar-refractivity contribution in [1.29, 1.82) is 0 Å². The Morgan fingerprint density at radius 3 is 2.41 bits per heavy atom. The number of pyridine rings is 1. The zero-order valence-corrected chi connectivity index (χ0v) is 16.8. The fourth-order valence-corrected chi connectivity index (χ4v) is 2.67.